The zero-order valence-electron chi connectivity index (χ0n) is 13.9. The van der Waals surface area contributed by atoms with Crippen LogP contribution in [-0.2, 0) is 14.0 Å². The maximum Gasteiger partial charge on any atom is 0.326 e. The molecule has 3 atom stereocenters. The number of carbonyl (C=O) groups is 1. The summed E-state index contributed by atoms with van der Waals surface area (Å²) in [6, 6.07) is -0.139. The Bertz CT molecular complexity index is 476. The highest BCUT2D eigenvalue weighted by atomic mass is 28.4. The summed E-state index contributed by atoms with van der Waals surface area (Å²) >= 11 is 0. The fourth-order valence-corrected chi connectivity index (χ4v) is 3.77. The van der Waals surface area contributed by atoms with Crippen LogP contribution in [0.15, 0.2) is 23.8 Å². The summed E-state index contributed by atoms with van der Waals surface area (Å²) in [7, 11) is -0.352. The molecule has 1 aliphatic heterocycles. The normalized spacial score (nSPS) is 29.0. The SMILES string of the molecule is COC(=O)[C@@H]1C=C2C=C[C@@H](O[Si](C)(C)C(C)(C)C)C[C@H]2N1. The third kappa shape index (κ3) is 3.47. The monoisotopic (exact) mass is 309 g/mol. The van der Waals surface area contributed by atoms with Crippen molar-refractivity contribution in [2.75, 3.05) is 7.11 Å². The van der Waals surface area contributed by atoms with Crippen molar-refractivity contribution in [1.82, 2.24) is 5.32 Å². The summed E-state index contributed by atoms with van der Waals surface area (Å²) < 4.78 is 11.2. The molecular weight excluding hydrogens is 282 g/mol. The molecule has 1 aliphatic carbocycles. The minimum Gasteiger partial charge on any atom is -0.468 e. The summed E-state index contributed by atoms with van der Waals surface area (Å²) in [5.74, 6) is -0.229. The number of rotatable bonds is 3. The molecule has 4 nitrogen and oxygen atoms in total. The van der Waals surface area contributed by atoms with Gasteiger partial charge in [0.1, 0.15) is 6.04 Å². The first-order valence-corrected chi connectivity index (χ1v) is 10.5. The van der Waals surface area contributed by atoms with Crippen LogP contribution in [0.2, 0.25) is 18.1 Å². The fourth-order valence-electron chi connectivity index (χ4n) is 2.48. The maximum absolute atomic E-state index is 11.6. The van der Waals surface area contributed by atoms with Gasteiger partial charge in [0, 0.05) is 6.04 Å². The number of hydrogen-bond donors (Lipinski definition) is 1. The zero-order chi connectivity index (χ0) is 15.8. The maximum atomic E-state index is 11.6. The molecule has 0 saturated carbocycles. The molecule has 0 saturated heterocycles. The number of methoxy groups -OCH3 is 1. The Hall–Kier alpha value is -0.913. The van der Waals surface area contributed by atoms with Crippen LogP contribution >= 0.6 is 0 Å². The van der Waals surface area contributed by atoms with E-state index in [-0.39, 0.29) is 29.2 Å². The number of esters is 1. The lowest BCUT2D eigenvalue weighted by Gasteiger charge is -2.40. The van der Waals surface area contributed by atoms with Gasteiger partial charge in [-0.15, -0.1) is 0 Å². The molecule has 5 heteroatoms. The van der Waals surface area contributed by atoms with E-state index in [9.17, 15) is 4.79 Å². The van der Waals surface area contributed by atoms with E-state index in [0.29, 0.717) is 0 Å². The summed E-state index contributed by atoms with van der Waals surface area (Å²) in [4.78, 5) is 11.6. The minimum atomic E-state index is -1.77. The summed E-state index contributed by atoms with van der Waals surface area (Å²) in [5.41, 5.74) is 1.17. The van der Waals surface area contributed by atoms with E-state index in [1.54, 1.807) is 0 Å². The van der Waals surface area contributed by atoms with Crippen LogP contribution in [0.1, 0.15) is 27.2 Å². The highest BCUT2D eigenvalue weighted by Crippen LogP contribution is 2.39. The van der Waals surface area contributed by atoms with Crippen molar-refractivity contribution in [2.24, 2.45) is 0 Å². The van der Waals surface area contributed by atoms with Crippen molar-refractivity contribution in [3.63, 3.8) is 0 Å². The molecule has 118 valence electrons. The van der Waals surface area contributed by atoms with Crippen LogP contribution in [0, 0.1) is 0 Å². The van der Waals surface area contributed by atoms with E-state index >= 15 is 0 Å². The van der Waals surface area contributed by atoms with E-state index in [1.807, 2.05) is 6.08 Å². The first kappa shape index (κ1) is 16.5. The molecule has 0 amide bonds. The van der Waals surface area contributed by atoms with Crippen molar-refractivity contribution in [2.45, 2.75) is 63.5 Å². The molecule has 0 aromatic carbocycles. The van der Waals surface area contributed by atoms with Gasteiger partial charge in [0.25, 0.3) is 0 Å². The number of ether oxygens (including phenoxy) is 1. The molecular formula is C16H27NO3Si. The number of carbonyl (C=O) groups excluding carboxylic acids is 1. The third-order valence-corrected chi connectivity index (χ3v) is 9.33. The van der Waals surface area contributed by atoms with Crippen LogP contribution in [-0.4, -0.2) is 39.6 Å². The van der Waals surface area contributed by atoms with Gasteiger partial charge in [-0.3, -0.25) is 10.1 Å². The average Bonchev–Trinajstić information content (AvgIpc) is 2.79. The first-order valence-electron chi connectivity index (χ1n) is 7.55. The second-order valence-electron chi connectivity index (χ2n) is 7.40. The Labute approximate surface area is 128 Å². The Kier molecular flexibility index (Phi) is 4.47. The molecule has 0 spiro atoms. The van der Waals surface area contributed by atoms with Gasteiger partial charge in [-0.2, -0.15) is 0 Å². The highest BCUT2D eigenvalue weighted by Gasteiger charge is 2.41. The van der Waals surface area contributed by atoms with E-state index < -0.39 is 8.32 Å². The number of fused-ring (bicyclic) bond motifs is 1. The summed E-state index contributed by atoms with van der Waals surface area (Å²) in [6.45, 7) is 11.3. The van der Waals surface area contributed by atoms with Crippen LogP contribution in [0.4, 0.5) is 0 Å². The quantitative estimate of drug-likeness (QED) is 0.643. The van der Waals surface area contributed by atoms with E-state index in [0.717, 1.165) is 6.42 Å². The van der Waals surface area contributed by atoms with E-state index in [4.69, 9.17) is 9.16 Å². The average molecular weight is 309 g/mol. The smallest absolute Gasteiger partial charge is 0.326 e. The van der Waals surface area contributed by atoms with Crippen LogP contribution < -0.4 is 5.32 Å². The van der Waals surface area contributed by atoms with Gasteiger partial charge in [-0.1, -0.05) is 39.0 Å². The molecule has 0 aromatic heterocycles. The van der Waals surface area contributed by atoms with Crippen LogP contribution in [0.25, 0.3) is 0 Å². The van der Waals surface area contributed by atoms with Gasteiger partial charge in [0.05, 0.1) is 13.2 Å². The molecule has 2 aliphatic rings. The van der Waals surface area contributed by atoms with Gasteiger partial charge >= 0.3 is 5.97 Å². The molecule has 0 unspecified atom stereocenters. The summed E-state index contributed by atoms with van der Waals surface area (Å²) in [6.07, 6.45) is 7.17. The second kappa shape index (κ2) is 5.70. The minimum absolute atomic E-state index is 0.122. The zero-order valence-corrected chi connectivity index (χ0v) is 14.9. The topological polar surface area (TPSA) is 47.6 Å². The lowest BCUT2D eigenvalue weighted by atomic mass is 9.96. The van der Waals surface area contributed by atoms with Crippen molar-refractivity contribution in [1.29, 1.82) is 0 Å². The fraction of sp³-hybridized carbons (Fsp3) is 0.688. The Morgan fingerprint density at radius 1 is 1.38 bits per heavy atom. The Morgan fingerprint density at radius 2 is 2.05 bits per heavy atom. The van der Waals surface area contributed by atoms with Gasteiger partial charge in [0.15, 0.2) is 8.32 Å². The molecule has 0 fully saturated rings. The summed E-state index contributed by atoms with van der Waals surface area (Å²) in [5, 5.41) is 3.52. The van der Waals surface area contributed by atoms with E-state index in [1.165, 1.54) is 12.7 Å². The van der Waals surface area contributed by atoms with E-state index in [2.05, 4.69) is 51.3 Å². The number of hydrogen-bond acceptors (Lipinski definition) is 4. The largest absolute Gasteiger partial charge is 0.468 e. The Morgan fingerprint density at radius 3 is 2.62 bits per heavy atom. The van der Waals surface area contributed by atoms with Crippen LogP contribution in [0.3, 0.4) is 0 Å². The van der Waals surface area contributed by atoms with Gasteiger partial charge in [-0.05, 0) is 30.1 Å². The van der Waals surface area contributed by atoms with Gasteiger partial charge < -0.3 is 9.16 Å². The van der Waals surface area contributed by atoms with Crippen molar-refractivity contribution in [3.05, 3.63) is 23.8 Å². The molecule has 2 rings (SSSR count). The van der Waals surface area contributed by atoms with Gasteiger partial charge in [0.2, 0.25) is 0 Å². The second-order valence-corrected chi connectivity index (χ2v) is 12.2. The molecule has 1 N–H and O–H groups in total. The lowest BCUT2D eigenvalue weighted by Crippen LogP contribution is -2.46. The van der Waals surface area contributed by atoms with Crippen molar-refractivity contribution < 1.29 is 14.0 Å². The van der Waals surface area contributed by atoms with Crippen molar-refractivity contribution >= 4 is 14.3 Å². The lowest BCUT2D eigenvalue weighted by molar-refractivity contribution is -0.141. The molecule has 1 heterocycles. The van der Waals surface area contributed by atoms with Crippen molar-refractivity contribution in [3.8, 4) is 0 Å². The van der Waals surface area contributed by atoms with Crippen LogP contribution in [0.5, 0.6) is 0 Å². The molecule has 21 heavy (non-hydrogen) atoms. The number of nitrogens with one attached hydrogen (secondary N) is 1. The highest BCUT2D eigenvalue weighted by molar-refractivity contribution is 6.74. The first-order chi connectivity index (χ1) is 9.64. The van der Waals surface area contributed by atoms with Gasteiger partial charge in [-0.25, -0.2) is 0 Å². The standard InChI is InChI=1S/C16H27NO3Si/c1-16(2,3)21(5,6)20-12-8-7-11-9-14(15(18)19-4)17-13(11)10-12/h7-9,12-14,17H,10H2,1-6H3/t12-,13-,14+/m1/s1. The third-order valence-electron chi connectivity index (χ3n) is 4.82. The molecule has 0 aromatic rings. The predicted octanol–water partition coefficient (Wildman–Crippen LogP) is 2.78. The molecule has 0 radical (unpaired) electrons. The Balaban J connectivity index is 2.02. The predicted molar refractivity (Wildman–Crippen MR) is 86.6 cm³/mol. The molecule has 0 bridgehead atoms.